The molecule has 0 saturated carbocycles. The zero-order valence-electron chi connectivity index (χ0n) is 13.9. The SMILES string of the molecule is Cc1ccc(N)cc1NC(=O)CCSc1ccc2c(c1)OCCO2.Cl. The maximum Gasteiger partial charge on any atom is 0.225 e. The lowest BCUT2D eigenvalue weighted by Crippen LogP contribution is -2.15. The van der Waals surface area contributed by atoms with E-state index in [4.69, 9.17) is 15.2 Å². The Bertz CT molecular complexity index is 755. The molecule has 134 valence electrons. The molecule has 7 heteroatoms. The standard InChI is InChI=1S/C18H20N2O3S.ClH/c1-12-2-3-13(19)10-15(12)20-18(21)6-9-24-14-4-5-16-17(11-14)23-8-7-22-16;/h2-5,10-11H,6-9,19H2,1H3,(H,20,21);1H. The number of anilines is 2. The van der Waals surface area contributed by atoms with Gasteiger partial charge in [-0.25, -0.2) is 0 Å². The molecule has 0 aliphatic carbocycles. The lowest BCUT2D eigenvalue weighted by atomic mass is 10.2. The zero-order valence-corrected chi connectivity index (χ0v) is 15.5. The Morgan fingerprint density at radius 2 is 1.92 bits per heavy atom. The molecule has 0 unspecified atom stereocenters. The first-order chi connectivity index (χ1) is 11.6. The fourth-order valence-corrected chi connectivity index (χ4v) is 3.24. The largest absolute Gasteiger partial charge is 0.486 e. The van der Waals surface area contributed by atoms with Crippen molar-refractivity contribution in [3.8, 4) is 11.5 Å². The number of hydrogen-bond donors (Lipinski definition) is 2. The van der Waals surface area contributed by atoms with E-state index in [1.807, 2.05) is 37.3 Å². The summed E-state index contributed by atoms with van der Waals surface area (Å²) in [5, 5.41) is 2.91. The molecule has 0 bridgehead atoms. The van der Waals surface area contributed by atoms with Crippen LogP contribution in [0, 0.1) is 6.92 Å². The van der Waals surface area contributed by atoms with Crippen LogP contribution in [-0.2, 0) is 4.79 Å². The summed E-state index contributed by atoms with van der Waals surface area (Å²) < 4.78 is 11.1. The number of aryl methyl sites for hydroxylation is 1. The van der Waals surface area contributed by atoms with Crippen molar-refractivity contribution >= 4 is 41.5 Å². The quantitative estimate of drug-likeness (QED) is 0.608. The van der Waals surface area contributed by atoms with E-state index in [1.54, 1.807) is 17.8 Å². The number of rotatable bonds is 5. The highest BCUT2D eigenvalue weighted by molar-refractivity contribution is 7.99. The number of halogens is 1. The topological polar surface area (TPSA) is 73.6 Å². The minimum atomic E-state index is -0.0197. The minimum absolute atomic E-state index is 0. The summed E-state index contributed by atoms with van der Waals surface area (Å²) in [5.74, 6) is 2.22. The molecule has 3 rings (SSSR count). The number of carbonyl (C=O) groups excluding carboxylic acids is 1. The maximum absolute atomic E-state index is 12.1. The molecule has 0 radical (unpaired) electrons. The number of ether oxygens (including phenoxy) is 2. The Morgan fingerprint density at radius 3 is 2.72 bits per heavy atom. The van der Waals surface area contributed by atoms with Gasteiger partial charge in [0.1, 0.15) is 13.2 Å². The van der Waals surface area contributed by atoms with Crippen LogP contribution in [0.2, 0.25) is 0 Å². The summed E-state index contributed by atoms with van der Waals surface area (Å²) in [5.41, 5.74) is 8.16. The summed E-state index contributed by atoms with van der Waals surface area (Å²) in [4.78, 5) is 13.2. The number of nitrogens with one attached hydrogen (secondary N) is 1. The molecule has 2 aromatic carbocycles. The van der Waals surface area contributed by atoms with Crippen molar-refractivity contribution in [3.63, 3.8) is 0 Å². The molecule has 0 spiro atoms. The predicted molar refractivity (Wildman–Crippen MR) is 104 cm³/mol. The van der Waals surface area contributed by atoms with Crippen LogP contribution in [0.1, 0.15) is 12.0 Å². The molecule has 0 saturated heterocycles. The first-order valence-corrected chi connectivity index (χ1v) is 8.79. The molecule has 0 fully saturated rings. The maximum atomic E-state index is 12.1. The van der Waals surface area contributed by atoms with Crippen LogP contribution in [0.15, 0.2) is 41.3 Å². The second-order valence-corrected chi connectivity index (χ2v) is 6.69. The number of nitrogens with two attached hydrogens (primary N) is 1. The lowest BCUT2D eigenvalue weighted by molar-refractivity contribution is -0.115. The molecule has 5 nitrogen and oxygen atoms in total. The van der Waals surface area contributed by atoms with Gasteiger partial charge in [0, 0.05) is 28.4 Å². The van der Waals surface area contributed by atoms with Gasteiger partial charge >= 0.3 is 0 Å². The van der Waals surface area contributed by atoms with Crippen LogP contribution in [0.5, 0.6) is 11.5 Å². The fraction of sp³-hybridized carbons (Fsp3) is 0.278. The summed E-state index contributed by atoms with van der Waals surface area (Å²) >= 11 is 1.62. The number of amides is 1. The number of nitrogen functional groups attached to an aromatic ring is 1. The molecular weight excluding hydrogens is 360 g/mol. The van der Waals surface area contributed by atoms with E-state index in [0.29, 0.717) is 31.1 Å². The second-order valence-electron chi connectivity index (χ2n) is 5.53. The number of hydrogen-bond acceptors (Lipinski definition) is 5. The van der Waals surface area contributed by atoms with Crippen LogP contribution in [0.3, 0.4) is 0 Å². The molecule has 2 aromatic rings. The van der Waals surface area contributed by atoms with E-state index in [2.05, 4.69) is 5.32 Å². The summed E-state index contributed by atoms with van der Waals surface area (Å²) in [6.45, 7) is 3.10. The Hall–Kier alpha value is -2.05. The van der Waals surface area contributed by atoms with E-state index >= 15 is 0 Å². The first kappa shape index (κ1) is 19.3. The molecular formula is C18H21ClN2O3S. The third kappa shape index (κ3) is 5.21. The van der Waals surface area contributed by atoms with Crippen LogP contribution in [0.4, 0.5) is 11.4 Å². The molecule has 1 amide bonds. The third-order valence-corrected chi connectivity index (χ3v) is 4.64. The van der Waals surface area contributed by atoms with E-state index in [-0.39, 0.29) is 18.3 Å². The monoisotopic (exact) mass is 380 g/mol. The van der Waals surface area contributed by atoms with Crippen molar-refractivity contribution in [3.05, 3.63) is 42.0 Å². The van der Waals surface area contributed by atoms with Crippen LogP contribution in [0.25, 0.3) is 0 Å². The number of carbonyl (C=O) groups is 1. The smallest absolute Gasteiger partial charge is 0.225 e. The third-order valence-electron chi connectivity index (χ3n) is 3.65. The highest BCUT2D eigenvalue weighted by Gasteiger charge is 2.12. The van der Waals surface area contributed by atoms with Crippen molar-refractivity contribution < 1.29 is 14.3 Å². The van der Waals surface area contributed by atoms with Gasteiger partial charge in [0.05, 0.1) is 0 Å². The number of thioether (sulfide) groups is 1. The molecule has 1 heterocycles. The van der Waals surface area contributed by atoms with Gasteiger partial charge in [-0.2, -0.15) is 0 Å². The van der Waals surface area contributed by atoms with Gasteiger partial charge in [-0.15, -0.1) is 24.2 Å². The van der Waals surface area contributed by atoms with E-state index in [9.17, 15) is 4.79 Å². The summed E-state index contributed by atoms with van der Waals surface area (Å²) in [7, 11) is 0. The van der Waals surface area contributed by atoms with E-state index in [1.165, 1.54) is 0 Å². The second kappa shape index (κ2) is 8.87. The Labute approximate surface area is 157 Å². The molecule has 0 atom stereocenters. The van der Waals surface area contributed by atoms with Crippen molar-refractivity contribution in [1.29, 1.82) is 0 Å². The molecule has 0 aromatic heterocycles. The van der Waals surface area contributed by atoms with Gasteiger partial charge in [0.2, 0.25) is 5.91 Å². The molecule has 1 aliphatic rings. The van der Waals surface area contributed by atoms with Crippen molar-refractivity contribution in [2.45, 2.75) is 18.2 Å². The zero-order chi connectivity index (χ0) is 16.9. The van der Waals surface area contributed by atoms with Gasteiger partial charge in [0.15, 0.2) is 11.5 Å². The molecule has 3 N–H and O–H groups in total. The van der Waals surface area contributed by atoms with Gasteiger partial charge in [-0.05, 0) is 42.8 Å². The summed E-state index contributed by atoms with van der Waals surface area (Å²) in [6, 6.07) is 11.4. The Kier molecular flexibility index (Phi) is 6.84. The number of benzene rings is 2. The highest BCUT2D eigenvalue weighted by Crippen LogP contribution is 2.34. The first-order valence-electron chi connectivity index (χ1n) is 7.80. The van der Waals surface area contributed by atoms with Gasteiger partial charge < -0.3 is 20.5 Å². The summed E-state index contributed by atoms with van der Waals surface area (Å²) in [6.07, 6.45) is 0.424. The lowest BCUT2D eigenvalue weighted by Gasteiger charge is -2.18. The Balaban J connectivity index is 0.00000225. The highest BCUT2D eigenvalue weighted by atomic mass is 35.5. The van der Waals surface area contributed by atoms with Crippen molar-refractivity contribution in [1.82, 2.24) is 0 Å². The van der Waals surface area contributed by atoms with E-state index in [0.717, 1.165) is 27.6 Å². The molecule has 25 heavy (non-hydrogen) atoms. The average molecular weight is 381 g/mol. The van der Waals surface area contributed by atoms with Crippen molar-refractivity contribution in [2.24, 2.45) is 0 Å². The van der Waals surface area contributed by atoms with Crippen molar-refractivity contribution in [2.75, 3.05) is 30.0 Å². The van der Waals surface area contributed by atoms with Crippen LogP contribution in [-0.4, -0.2) is 24.9 Å². The van der Waals surface area contributed by atoms with E-state index < -0.39 is 0 Å². The van der Waals surface area contributed by atoms with Gasteiger partial charge in [-0.1, -0.05) is 6.07 Å². The van der Waals surface area contributed by atoms with Crippen LogP contribution >= 0.6 is 24.2 Å². The predicted octanol–water partition coefficient (Wildman–Crippen LogP) is 3.89. The minimum Gasteiger partial charge on any atom is -0.486 e. The fourth-order valence-electron chi connectivity index (χ4n) is 2.36. The average Bonchev–Trinajstić information content (AvgIpc) is 2.58. The normalized spacial score (nSPS) is 12.2. The number of fused-ring (bicyclic) bond motifs is 1. The van der Waals surface area contributed by atoms with Gasteiger partial charge in [0.25, 0.3) is 0 Å². The Morgan fingerprint density at radius 1 is 1.16 bits per heavy atom. The van der Waals surface area contributed by atoms with Crippen LogP contribution < -0.4 is 20.5 Å². The van der Waals surface area contributed by atoms with Gasteiger partial charge in [-0.3, -0.25) is 4.79 Å². The molecule has 1 aliphatic heterocycles.